The van der Waals surface area contributed by atoms with Gasteiger partial charge in [0.05, 0.1) is 0 Å². The number of amides is 1. The molecule has 1 atom stereocenters. The van der Waals surface area contributed by atoms with Gasteiger partial charge in [0, 0.05) is 23.5 Å². The van der Waals surface area contributed by atoms with Gasteiger partial charge in [-0.15, -0.1) is 0 Å². The van der Waals surface area contributed by atoms with Gasteiger partial charge in [0.25, 0.3) is 0 Å². The summed E-state index contributed by atoms with van der Waals surface area (Å²) in [6, 6.07) is 10.8. The molecule has 1 N–H and O–H groups in total. The molecule has 24 heavy (non-hydrogen) atoms. The molecule has 1 saturated heterocycles. The number of halogens is 1. The Kier molecular flexibility index (Phi) is 3.82. The molecule has 6 nitrogen and oxygen atoms in total. The van der Waals surface area contributed by atoms with Crippen LogP contribution in [0.3, 0.4) is 0 Å². The molecule has 0 bridgehead atoms. The standard InChI is InChI=1S/C17H15ClN4O2/c18-11-4-1-5-12(10-11)20-16(23)13-6-3-9-22(13)17-21-15-14(24-17)7-2-8-19-15/h1-2,4-5,7-8,10,13H,3,6,9H2,(H,20,23). The highest BCUT2D eigenvalue weighted by atomic mass is 35.5. The number of oxazole rings is 1. The number of rotatable bonds is 3. The van der Waals surface area contributed by atoms with Crippen LogP contribution in [0.25, 0.3) is 11.2 Å². The van der Waals surface area contributed by atoms with Gasteiger partial charge >= 0.3 is 6.01 Å². The van der Waals surface area contributed by atoms with E-state index < -0.39 is 0 Å². The van der Waals surface area contributed by atoms with Crippen LogP contribution in [0.4, 0.5) is 11.7 Å². The van der Waals surface area contributed by atoms with Crippen LogP contribution in [-0.2, 0) is 4.79 Å². The molecule has 0 radical (unpaired) electrons. The number of hydrogen-bond donors (Lipinski definition) is 1. The zero-order chi connectivity index (χ0) is 16.5. The van der Waals surface area contributed by atoms with E-state index in [9.17, 15) is 4.79 Å². The van der Waals surface area contributed by atoms with E-state index in [0.29, 0.717) is 28.0 Å². The van der Waals surface area contributed by atoms with Crippen LogP contribution in [0.15, 0.2) is 47.0 Å². The number of nitrogens with one attached hydrogen (secondary N) is 1. The summed E-state index contributed by atoms with van der Waals surface area (Å²) in [6.45, 7) is 0.723. The fourth-order valence-corrected chi connectivity index (χ4v) is 3.13. The van der Waals surface area contributed by atoms with Gasteiger partial charge in [-0.1, -0.05) is 17.7 Å². The maximum absolute atomic E-state index is 12.6. The highest BCUT2D eigenvalue weighted by Crippen LogP contribution is 2.28. The Morgan fingerprint density at radius 3 is 3.08 bits per heavy atom. The Morgan fingerprint density at radius 1 is 1.33 bits per heavy atom. The Bertz CT molecular complexity index is 862. The van der Waals surface area contributed by atoms with E-state index >= 15 is 0 Å². The van der Waals surface area contributed by atoms with Crippen molar-refractivity contribution in [3.8, 4) is 0 Å². The maximum Gasteiger partial charge on any atom is 0.300 e. The first-order valence-corrected chi connectivity index (χ1v) is 8.13. The normalized spacial score (nSPS) is 17.4. The quantitative estimate of drug-likeness (QED) is 0.789. The molecule has 1 fully saturated rings. The van der Waals surface area contributed by atoms with Crippen molar-refractivity contribution in [2.75, 3.05) is 16.8 Å². The average Bonchev–Trinajstić information content (AvgIpc) is 3.21. The third-order valence-electron chi connectivity index (χ3n) is 4.05. The van der Waals surface area contributed by atoms with Gasteiger partial charge in [0.2, 0.25) is 11.6 Å². The second kappa shape index (κ2) is 6.13. The molecule has 1 aliphatic heterocycles. The number of carbonyl (C=O) groups is 1. The first kappa shape index (κ1) is 15.0. The van der Waals surface area contributed by atoms with Crippen LogP contribution >= 0.6 is 11.6 Å². The number of fused-ring (bicyclic) bond motifs is 1. The lowest BCUT2D eigenvalue weighted by Crippen LogP contribution is -2.39. The molecule has 0 saturated carbocycles. The Labute approximate surface area is 143 Å². The van der Waals surface area contributed by atoms with Gasteiger partial charge in [-0.05, 0) is 43.2 Å². The average molecular weight is 343 g/mol. The lowest BCUT2D eigenvalue weighted by Gasteiger charge is -2.21. The summed E-state index contributed by atoms with van der Waals surface area (Å²) in [6.07, 6.45) is 3.32. The molecule has 0 spiro atoms. The molecule has 4 rings (SSSR count). The number of benzene rings is 1. The van der Waals surface area contributed by atoms with Crippen molar-refractivity contribution in [2.45, 2.75) is 18.9 Å². The smallest absolute Gasteiger partial charge is 0.300 e. The monoisotopic (exact) mass is 342 g/mol. The first-order valence-electron chi connectivity index (χ1n) is 7.75. The van der Waals surface area contributed by atoms with Crippen LogP contribution in [0.1, 0.15) is 12.8 Å². The first-order chi connectivity index (χ1) is 11.7. The van der Waals surface area contributed by atoms with E-state index in [1.165, 1.54) is 0 Å². The largest absolute Gasteiger partial charge is 0.422 e. The number of hydrogen-bond acceptors (Lipinski definition) is 5. The Balaban J connectivity index is 1.56. The summed E-state index contributed by atoms with van der Waals surface area (Å²) >= 11 is 5.96. The SMILES string of the molecule is O=C(Nc1cccc(Cl)c1)C1CCCN1c1nc2ncccc2o1. The van der Waals surface area contributed by atoms with Crippen molar-refractivity contribution in [2.24, 2.45) is 0 Å². The molecular weight excluding hydrogens is 328 g/mol. The lowest BCUT2D eigenvalue weighted by molar-refractivity contribution is -0.117. The molecule has 1 aliphatic rings. The number of carbonyl (C=O) groups excluding carboxylic acids is 1. The van der Waals surface area contributed by atoms with E-state index in [2.05, 4.69) is 15.3 Å². The minimum atomic E-state index is -0.322. The number of pyridine rings is 1. The summed E-state index contributed by atoms with van der Waals surface area (Å²) < 4.78 is 5.75. The van der Waals surface area contributed by atoms with Crippen molar-refractivity contribution >= 4 is 40.4 Å². The van der Waals surface area contributed by atoms with Gasteiger partial charge in [0.1, 0.15) is 6.04 Å². The minimum Gasteiger partial charge on any atom is -0.422 e. The number of aromatic nitrogens is 2. The second-order valence-electron chi connectivity index (χ2n) is 5.67. The third-order valence-corrected chi connectivity index (χ3v) is 4.28. The van der Waals surface area contributed by atoms with Crippen LogP contribution in [-0.4, -0.2) is 28.5 Å². The predicted octanol–water partition coefficient (Wildman–Crippen LogP) is 3.48. The van der Waals surface area contributed by atoms with Gasteiger partial charge in [-0.3, -0.25) is 4.79 Å². The second-order valence-corrected chi connectivity index (χ2v) is 6.11. The van der Waals surface area contributed by atoms with Crippen LogP contribution in [0.5, 0.6) is 0 Å². The number of nitrogens with zero attached hydrogens (tertiary/aromatic N) is 3. The lowest BCUT2D eigenvalue weighted by atomic mass is 10.2. The Morgan fingerprint density at radius 2 is 2.25 bits per heavy atom. The molecule has 122 valence electrons. The van der Waals surface area contributed by atoms with E-state index in [1.54, 1.807) is 30.5 Å². The van der Waals surface area contributed by atoms with Crippen molar-refractivity contribution in [1.29, 1.82) is 0 Å². The molecule has 2 aromatic heterocycles. The molecule has 1 aromatic carbocycles. The van der Waals surface area contributed by atoms with E-state index in [4.69, 9.17) is 16.0 Å². The van der Waals surface area contributed by atoms with Crippen molar-refractivity contribution < 1.29 is 9.21 Å². The van der Waals surface area contributed by atoms with Crippen LogP contribution in [0, 0.1) is 0 Å². The summed E-state index contributed by atoms with van der Waals surface area (Å²) in [7, 11) is 0. The summed E-state index contributed by atoms with van der Waals surface area (Å²) in [5.74, 6) is -0.0926. The minimum absolute atomic E-state index is 0.0926. The summed E-state index contributed by atoms with van der Waals surface area (Å²) in [5.41, 5.74) is 1.85. The van der Waals surface area contributed by atoms with E-state index in [1.807, 2.05) is 17.0 Å². The van der Waals surface area contributed by atoms with Gasteiger partial charge in [0.15, 0.2) is 5.58 Å². The molecule has 3 heterocycles. The van der Waals surface area contributed by atoms with Crippen molar-refractivity contribution in [3.63, 3.8) is 0 Å². The zero-order valence-corrected chi connectivity index (χ0v) is 13.5. The highest BCUT2D eigenvalue weighted by molar-refractivity contribution is 6.30. The molecule has 1 amide bonds. The highest BCUT2D eigenvalue weighted by Gasteiger charge is 2.34. The van der Waals surface area contributed by atoms with Gasteiger partial charge < -0.3 is 14.6 Å². The van der Waals surface area contributed by atoms with Crippen LogP contribution in [0.2, 0.25) is 5.02 Å². The fourth-order valence-electron chi connectivity index (χ4n) is 2.94. The molecule has 7 heteroatoms. The van der Waals surface area contributed by atoms with Crippen LogP contribution < -0.4 is 10.2 Å². The van der Waals surface area contributed by atoms with E-state index in [0.717, 1.165) is 19.4 Å². The number of anilines is 2. The van der Waals surface area contributed by atoms with E-state index in [-0.39, 0.29) is 11.9 Å². The summed E-state index contributed by atoms with van der Waals surface area (Å²) in [5, 5.41) is 3.49. The van der Waals surface area contributed by atoms with Gasteiger partial charge in [-0.2, -0.15) is 4.98 Å². The topological polar surface area (TPSA) is 71.3 Å². The fraction of sp³-hybridized carbons (Fsp3) is 0.235. The van der Waals surface area contributed by atoms with Crippen molar-refractivity contribution in [1.82, 2.24) is 9.97 Å². The Hall–Kier alpha value is -2.60. The molecular formula is C17H15ClN4O2. The zero-order valence-electron chi connectivity index (χ0n) is 12.8. The van der Waals surface area contributed by atoms with Gasteiger partial charge in [-0.25, -0.2) is 4.98 Å². The van der Waals surface area contributed by atoms with Crippen molar-refractivity contribution in [3.05, 3.63) is 47.6 Å². The predicted molar refractivity (Wildman–Crippen MR) is 92.3 cm³/mol. The maximum atomic E-state index is 12.6. The molecule has 0 aliphatic carbocycles. The third kappa shape index (κ3) is 2.80. The summed E-state index contributed by atoms with van der Waals surface area (Å²) in [4.78, 5) is 23.1. The molecule has 3 aromatic rings. The molecule has 1 unspecified atom stereocenters.